The lowest BCUT2D eigenvalue weighted by molar-refractivity contribution is -0.138. The van der Waals surface area contributed by atoms with Crippen molar-refractivity contribution in [2.75, 3.05) is 19.8 Å². The molecule has 136 valence electrons. The Hall–Kier alpha value is -2.08. The van der Waals surface area contributed by atoms with Crippen molar-refractivity contribution in [2.24, 2.45) is 5.92 Å². The number of benzene rings is 1. The van der Waals surface area contributed by atoms with Crippen LogP contribution in [0.3, 0.4) is 0 Å². The van der Waals surface area contributed by atoms with Crippen LogP contribution in [0, 0.1) is 5.92 Å². The van der Waals surface area contributed by atoms with E-state index in [9.17, 15) is 9.59 Å². The predicted molar refractivity (Wildman–Crippen MR) is 92.7 cm³/mol. The highest BCUT2D eigenvalue weighted by molar-refractivity contribution is 5.89. The van der Waals surface area contributed by atoms with Crippen molar-refractivity contribution in [1.29, 1.82) is 0 Å². The van der Waals surface area contributed by atoms with Crippen molar-refractivity contribution in [3.63, 3.8) is 0 Å². The number of hydrogen-bond donors (Lipinski definition) is 1. The standard InChI is InChI=1S/C19H26N2O4/c22-18-13-15(14-21(18)16-7-3-1-4-8-16)19(23)20-25-12-11-24-17-9-5-2-6-10-17/h2,5-6,9-10,15-16H,1,3-4,7-8,11-14H2,(H,20,23). The number of hydrogen-bond acceptors (Lipinski definition) is 4. The summed E-state index contributed by atoms with van der Waals surface area (Å²) in [7, 11) is 0. The zero-order valence-electron chi connectivity index (χ0n) is 14.5. The van der Waals surface area contributed by atoms with Crippen molar-refractivity contribution in [3.8, 4) is 5.75 Å². The maximum atomic E-state index is 12.2. The molecule has 1 saturated carbocycles. The minimum Gasteiger partial charge on any atom is -0.491 e. The lowest BCUT2D eigenvalue weighted by Crippen LogP contribution is -2.39. The number of carbonyl (C=O) groups is 2. The smallest absolute Gasteiger partial charge is 0.248 e. The highest BCUT2D eigenvalue weighted by atomic mass is 16.7. The van der Waals surface area contributed by atoms with Gasteiger partial charge in [0.1, 0.15) is 19.0 Å². The molecule has 1 aromatic rings. The van der Waals surface area contributed by atoms with Gasteiger partial charge < -0.3 is 9.64 Å². The number of carbonyl (C=O) groups excluding carboxylic acids is 2. The van der Waals surface area contributed by atoms with Crippen LogP contribution in [0.2, 0.25) is 0 Å². The van der Waals surface area contributed by atoms with Gasteiger partial charge in [0, 0.05) is 19.0 Å². The van der Waals surface area contributed by atoms with E-state index in [0.29, 0.717) is 19.2 Å². The SMILES string of the molecule is O=C(NOCCOc1ccccc1)C1CC(=O)N(C2CCCCC2)C1. The van der Waals surface area contributed by atoms with Crippen molar-refractivity contribution >= 4 is 11.8 Å². The average Bonchev–Trinajstić information content (AvgIpc) is 3.05. The minimum absolute atomic E-state index is 0.0967. The van der Waals surface area contributed by atoms with E-state index >= 15 is 0 Å². The molecule has 0 radical (unpaired) electrons. The van der Waals surface area contributed by atoms with Crippen LogP contribution in [-0.2, 0) is 14.4 Å². The van der Waals surface area contributed by atoms with Crippen LogP contribution in [0.5, 0.6) is 5.75 Å². The van der Waals surface area contributed by atoms with Crippen LogP contribution in [-0.4, -0.2) is 42.5 Å². The molecule has 1 aliphatic heterocycles. The lowest BCUT2D eigenvalue weighted by Gasteiger charge is -2.31. The first-order valence-corrected chi connectivity index (χ1v) is 9.13. The summed E-state index contributed by atoms with van der Waals surface area (Å²) in [5.74, 6) is 0.331. The fourth-order valence-electron chi connectivity index (χ4n) is 3.58. The van der Waals surface area contributed by atoms with Gasteiger partial charge in [-0.1, -0.05) is 37.5 Å². The van der Waals surface area contributed by atoms with Crippen LogP contribution in [0.25, 0.3) is 0 Å². The zero-order valence-corrected chi connectivity index (χ0v) is 14.5. The Morgan fingerprint density at radius 3 is 2.64 bits per heavy atom. The van der Waals surface area contributed by atoms with Gasteiger partial charge in [0.15, 0.2) is 0 Å². The molecule has 0 bridgehead atoms. The van der Waals surface area contributed by atoms with Crippen LogP contribution < -0.4 is 10.2 Å². The van der Waals surface area contributed by atoms with E-state index in [1.807, 2.05) is 35.2 Å². The van der Waals surface area contributed by atoms with E-state index in [2.05, 4.69) is 5.48 Å². The Balaban J connectivity index is 1.35. The summed E-state index contributed by atoms with van der Waals surface area (Å²) in [5, 5.41) is 0. The number of likely N-dealkylation sites (tertiary alicyclic amines) is 1. The maximum absolute atomic E-state index is 12.2. The summed E-state index contributed by atoms with van der Waals surface area (Å²) >= 11 is 0. The molecule has 1 N–H and O–H groups in total. The van der Waals surface area contributed by atoms with Gasteiger partial charge in [0.05, 0.1) is 5.92 Å². The second kappa shape index (κ2) is 8.85. The molecule has 3 rings (SSSR count). The van der Waals surface area contributed by atoms with Gasteiger partial charge in [0.2, 0.25) is 11.8 Å². The van der Waals surface area contributed by atoms with E-state index in [4.69, 9.17) is 9.57 Å². The number of nitrogens with zero attached hydrogens (tertiary/aromatic N) is 1. The van der Waals surface area contributed by atoms with Crippen LogP contribution in [0.15, 0.2) is 30.3 Å². The van der Waals surface area contributed by atoms with Gasteiger partial charge in [-0.05, 0) is 25.0 Å². The molecular formula is C19H26N2O4. The normalized spacial score (nSPS) is 21.4. The number of rotatable bonds is 7. The molecule has 2 aliphatic rings. The largest absolute Gasteiger partial charge is 0.491 e. The molecule has 2 amide bonds. The van der Waals surface area contributed by atoms with Crippen molar-refractivity contribution < 1.29 is 19.2 Å². The summed E-state index contributed by atoms with van der Waals surface area (Å²) in [5.41, 5.74) is 2.46. The van der Waals surface area contributed by atoms with Crippen LogP contribution in [0.4, 0.5) is 0 Å². The molecule has 6 heteroatoms. The molecule has 1 aliphatic carbocycles. The van der Waals surface area contributed by atoms with Crippen molar-refractivity contribution in [1.82, 2.24) is 10.4 Å². The first-order chi connectivity index (χ1) is 12.2. The second-order valence-electron chi connectivity index (χ2n) is 6.72. The maximum Gasteiger partial charge on any atom is 0.248 e. The number of ether oxygens (including phenoxy) is 1. The average molecular weight is 346 g/mol. The van der Waals surface area contributed by atoms with Gasteiger partial charge in [-0.3, -0.25) is 14.4 Å². The fraction of sp³-hybridized carbons (Fsp3) is 0.579. The molecule has 0 spiro atoms. The summed E-state index contributed by atoms with van der Waals surface area (Å²) in [6, 6.07) is 9.76. The van der Waals surface area contributed by atoms with Gasteiger partial charge in [-0.2, -0.15) is 0 Å². The Bertz CT molecular complexity index is 572. The molecule has 1 aromatic carbocycles. The summed E-state index contributed by atoms with van der Waals surface area (Å²) in [4.78, 5) is 31.5. The van der Waals surface area contributed by atoms with Crippen molar-refractivity contribution in [3.05, 3.63) is 30.3 Å². The minimum atomic E-state index is -0.315. The molecule has 0 aromatic heterocycles. The summed E-state index contributed by atoms with van der Waals surface area (Å²) in [6.07, 6.45) is 6.01. The molecular weight excluding hydrogens is 320 g/mol. The van der Waals surface area contributed by atoms with Gasteiger partial charge in [-0.15, -0.1) is 0 Å². The second-order valence-corrected chi connectivity index (χ2v) is 6.72. The zero-order chi connectivity index (χ0) is 17.5. The van der Waals surface area contributed by atoms with Gasteiger partial charge in [0.25, 0.3) is 0 Å². The van der Waals surface area contributed by atoms with E-state index < -0.39 is 0 Å². The lowest BCUT2D eigenvalue weighted by atomic mass is 9.94. The summed E-state index contributed by atoms with van der Waals surface area (Å²) < 4.78 is 5.49. The number of amides is 2. The topological polar surface area (TPSA) is 67.9 Å². The molecule has 25 heavy (non-hydrogen) atoms. The van der Waals surface area contributed by atoms with Crippen molar-refractivity contribution in [2.45, 2.75) is 44.6 Å². The van der Waals surface area contributed by atoms with E-state index in [0.717, 1.165) is 18.6 Å². The molecule has 1 saturated heterocycles. The Labute approximate surface area is 148 Å². The third-order valence-corrected chi connectivity index (χ3v) is 4.91. The third-order valence-electron chi connectivity index (χ3n) is 4.91. The van der Waals surface area contributed by atoms with E-state index in [1.54, 1.807) is 0 Å². The quantitative estimate of drug-likeness (QED) is 0.608. The predicted octanol–water partition coefficient (Wildman–Crippen LogP) is 2.29. The first-order valence-electron chi connectivity index (χ1n) is 9.13. The molecule has 1 atom stereocenters. The summed E-state index contributed by atoms with van der Waals surface area (Å²) in [6.45, 7) is 1.12. The van der Waals surface area contributed by atoms with E-state index in [-0.39, 0.29) is 30.8 Å². The van der Waals surface area contributed by atoms with Crippen LogP contribution in [0.1, 0.15) is 38.5 Å². The monoisotopic (exact) mass is 346 g/mol. The highest BCUT2D eigenvalue weighted by Crippen LogP contribution is 2.28. The molecule has 2 fully saturated rings. The third kappa shape index (κ3) is 4.95. The van der Waals surface area contributed by atoms with Gasteiger partial charge >= 0.3 is 0 Å². The highest BCUT2D eigenvalue weighted by Gasteiger charge is 2.38. The Kier molecular flexibility index (Phi) is 6.28. The first kappa shape index (κ1) is 17.7. The number of nitrogens with one attached hydrogen (secondary N) is 1. The van der Waals surface area contributed by atoms with Crippen LogP contribution >= 0.6 is 0 Å². The Morgan fingerprint density at radius 2 is 1.88 bits per heavy atom. The number of hydroxylamine groups is 1. The molecule has 1 heterocycles. The van der Waals surface area contributed by atoms with E-state index in [1.165, 1.54) is 19.3 Å². The molecule has 1 unspecified atom stereocenters. The molecule has 6 nitrogen and oxygen atoms in total. The Morgan fingerprint density at radius 1 is 1.12 bits per heavy atom. The fourth-order valence-corrected chi connectivity index (χ4v) is 3.58. The van der Waals surface area contributed by atoms with Gasteiger partial charge in [-0.25, -0.2) is 5.48 Å². The number of para-hydroxylation sites is 1.